The molecule has 0 aliphatic heterocycles. The number of nitro benzene ring substituents is 1. The van der Waals surface area contributed by atoms with Gasteiger partial charge in [-0.25, -0.2) is 4.39 Å². The second-order valence-electron chi connectivity index (χ2n) is 7.09. The van der Waals surface area contributed by atoms with Gasteiger partial charge in [-0.15, -0.1) is 0 Å². The van der Waals surface area contributed by atoms with Gasteiger partial charge >= 0.3 is 0 Å². The van der Waals surface area contributed by atoms with E-state index < -0.39 is 4.92 Å². The number of ether oxygens (including phenoxy) is 1. The first-order chi connectivity index (χ1) is 15.5. The number of hydrogen-bond acceptors (Lipinski definition) is 4. The normalized spacial score (nSPS) is 11.2. The summed E-state index contributed by atoms with van der Waals surface area (Å²) >= 11 is 0. The Morgan fingerprint density at radius 1 is 1.03 bits per heavy atom. The van der Waals surface area contributed by atoms with Crippen molar-refractivity contribution in [3.8, 4) is 11.8 Å². The molecule has 0 saturated heterocycles. The van der Waals surface area contributed by atoms with Crippen LogP contribution < -0.4 is 4.74 Å². The number of benzene rings is 4. The van der Waals surface area contributed by atoms with E-state index in [1.807, 2.05) is 36.4 Å². The number of nitrogens with zero attached hydrogens (tertiary/aromatic N) is 2. The summed E-state index contributed by atoms with van der Waals surface area (Å²) in [5.74, 6) is 0.227. The molecule has 0 aromatic heterocycles. The molecule has 5 nitrogen and oxygen atoms in total. The third-order valence-corrected chi connectivity index (χ3v) is 5.02. The number of nitro groups is 1. The number of rotatable bonds is 6. The summed E-state index contributed by atoms with van der Waals surface area (Å²) in [6, 6.07) is 25.6. The second kappa shape index (κ2) is 9.11. The Morgan fingerprint density at radius 3 is 2.56 bits per heavy atom. The zero-order valence-electron chi connectivity index (χ0n) is 16.9. The van der Waals surface area contributed by atoms with Crippen LogP contribution in [0.15, 0.2) is 84.9 Å². The minimum absolute atomic E-state index is 0.0886. The number of nitriles is 1. The summed E-state index contributed by atoms with van der Waals surface area (Å²) in [5.41, 5.74) is 2.12. The molecule has 6 heteroatoms. The molecule has 0 saturated carbocycles. The quantitative estimate of drug-likeness (QED) is 0.153. The van der Waals surface area contributed by atoms with E-state index in [1.54, 1.807) is 30.3 Å². The van der Waals surface area contributed by atoms with E-state index in [1.165, 1.54) is 24.3 Å². The summed E-state index contributed by atoms with van der Waals surface area (Å²) in [6.07, 6.45) is 1.68. The number of hydrogen-bond donors (Lipinski definition) is 0. The second-order valence-corrected chi connectivity index (χ2v) is 7.09. The fourth-order valence-corrected chi connectivity index (χ4v) is 3.40. The highest BCUT2D eigenvalue weighted by atomic mass is 19.1. The van der Waals surface area contributed by atoms with Crippen LogP contribution in [0, 0.1) is 27.3 Å². The highest BCUT2D eigenvalue weighted by Gasteiger charge is 2.13. The van der Waals surface area contributed by atoms with Gasteiger partial charge in [0.15, 0.2) is 0 Å². The van der Waals surface area contributed by atoms with Crippen molar-refractivity contribution >= 4 is 28.1 Å². The lowest BCUT2D eigenvalue weighted by Gasteiger charge is -2.13. The molecule has 4 rings (SSSR count). The SMILES string of the molecule is N#C/C(=C/c1c(OCc2ccc(F)cc2)ccc2ccccc12)c1cccc([N+](=O)[O-])c1. The lowest BCUT2D eigenvalue weighted by Crippen LogP contribution is -1.98. The Bertz CT molecular complexity index is 1370. The fourth-order valence-electron chi connectivity index (χ4n) is 3.40. The highest BCUT2D eigenvalue weighted by Crippen LogP contribution is 2.33. The van der Waals surface area contributed by atoms with Gasteiger partial charge in [0.2, 0.25) is 0 Å². The molecule has 0 radical (unpaired) electrons. The topological polar surface area (TPSA) is 76.2 Å². The van der Waals surface area contributed by atoms with Crippen LogP contribution in [0.25, 0.3) is 22.4 Å². The van der Waals surface area contributed by atoms with E-state index in [9.17, 15) is 19.8 Å². The van der Waals surface area contributed by atoms with Gasteiger partial charge in [-0.2, -0.15) is 5.26 Å². The maximum atomic E-state index is 13.2. The third kappa shape index (κ3) is 4.47. The van der Waals surface area contributed by atoms with Crippen molar-refractivity contribution in [1.29, 1.82) is 5.26 Å². The molecule has 0 fully saturated rings. The molecular formula is C26H17FN2O3. The van der Waals surface area contributed by atoms with Gasteiger partial charge in [-0.1, -0.05) is 54.6 Å². The molecule has 0 aliphatic rings. The third-order valence-electron chi connectivity index (χ3n) is 5.02. The van der Waals surface area contributed by atoms with Gasteiger partial charge in [0, 0.05) is 17.7 Å². The van der Waals surface area contributed by atoms with Crippen LogP contribution >= 0.6 is 0 Å². The van der Waals surface area contributed by atoms with Crippen molar-refractivity contribution in [2.24, 2.45) is 0 Å². The lowest BCUT2D eigenvalue weighted by atomic mass is 9.98. The van der Waals surface area contributed by atoms with Crippen LogP contribution in [0.3, 0.4) is 0 Å². The highest BCUT2D eigenvalue weighted by molar-refractivity contribution is 6.00. The summed E-state index contributed by atoms with van der Waals surface area (Å²) < 4.78 is 19.2. The molecule has 0 heterocycles. The predicted octanol–water partition coefficient (Wildman–Crippen LogP) is 6.53. The molecule has 4 aromatic rings. The van der Waals surface area contributed by atoms with Gasteiger partial charge in [-0.3, -0.25) is 10.1 Å². The van der Waals surface area contributed by atoms with Crippen LogP contribution in [0.5, 0.6) is 5.75 Å². The summed E-state index contributed by atoms with van der Waals surface area (Å²) in [7, 11) is 0. The molecule has 0 unspecified atom stereocenters. The molecular weight excluding hydrogens is 407 g/mol. The van der Waals surface area contributed by atoms with Crippen LogP contribution in [0.2, 0.25) is 0 Å². The average molecular weight is 424 g/mol. The maximum Gasteiger partial charge on any atom is 0.270 e. The molecule has 0 N–H and O–H groups in total. The van der Waals surface area contributed by atoms with Crippen molar-refractivity contribution in [2.45, 2.75) is 6.61 Å². The van der Waals surface area contributed by atoms with E-state index in [4.69, 9.17) is 4.74 Å². The fraction of sp³-hybridized carbons (Fsp3) is 0.0385. The molecule has 0 atom stereocenters. The van der Waals surface area contributed by atoms with Crippen molar-refractivity contribution in [3.05, 3.63) is 118 Å². The van der Waals surface area contributed by atoms with Crippen LogP contribution in [-0.4, -0.2) is 4.92 Å². The molecule has 0 spiro atoms. The Balaban J connectivity index is 1.79. The van der Waals surface area contributed by atoms with Crippen LogP contribution in [-0.2, 0) is 6.61 Å². The number of allylic oxidation sites excluding steroid dienone is 1. The van der Waals surface area contributed by atoms with Crippen molar-refractivity contribution in [1.82, 2.24) is 0 Å². The smallest absolute Gasteiger partial charge is 0.270 e. The van der Waals surface area contributed by atoms with E-state index in [2.05, 4.69) is 6.07 Å². The van der Waals surface area contributed by atoms with Crippen LogP contribution in [0.4, 0.5) is 10.1 Å². The minimum atomic E-state index is -0.492. The van der Waals surface area contributed by atoms with Crippen molar-refractivity contribution in [2.75, 3.05) is 0 Å². The molecule has 32 heavy (non-hydrogen) atoms. The Morgan fingerprint density at radius 2 is 1.81 bits per heavy atom. The van der Waals surface area contributed by atoms with Gasteiger partial charge in [0.1, 0.15) is 18.2 Å². The van der Waals surface area contributed by atoms with E-state index >= 15 is 0 Å². The van der Waals surface area contributed by atoms with E-state index in [0.29, 0.717) is 16.9 Å². The van der Waals surface area contributed by atoms with E-state index in [-0.39, 0.29) is 23.7 Å². The first-order valence-electron chi connectivity index (χ1n) is 9.81. The standard InChI is InChI=1S/C26H17FN2O3/c27-22-11-8-18(9-12-22)17-32-26-13-10-19-4-1-2-7-24(19)25(26)15-21(16-28)20-5-3-6-23(14-20)29(30)31/h1-15H,17H2/b21-15-. The van der Waals surface area contributed by atoms with E-state index in [0.717, 1.165) is 16.3 Å². The van der Waals surface area contributed by atoms with Gasteiger partial charge in [0.05, 0.1) is 16.6 Å². The largest absolute Gasteiger partial charge is 0.488 e. The monoisotopic (exact) mass is 424 g/mol. The number of fused-ring (bicyclic) bond motifs is 1. The molecule has 0 aliphatic carbocycles. The van der Waals surface area contributed by atoms with Crippen molar-refractivity contribution in [3.63, 3.8) is 0 Å². The minimum Gasteiger partial charge on any atom is -0.488 e. The molecule has 156 valence electrons. The zero-order valence-corrected chi connectivity index (χ0v) is 16.9. The lowest BCUT2D eigenvalue weighted by molar-refractivity contribution is -0.384. The van der Waals surface area contributed by atoms with Crippen molar-refractivity contribution < 1.29 is 14.1 Å². The molecule has 0 bridgehead atoms. The van der Waals surface area contributed by atoms with Gasteiger partial charge in [0.25, 0.3) is 5.69 Å². The average Bonchev–Trinajstić information content (AvgIpc) is 2.82. The Kier molecular flexibility index (Phi) is 5.91. The van der Waals surface area contributed by atoms with Gasteiger partial charge < -0.3 is 4.74 Å². The Hall–Kier alpha value is -4.50. The predicted molar refractivity (Wildman–Crippen MR) is 121 cm³/mol. The molecule has 0 amide bonds. The first kappa shape index (κ1) is 20.8. The summed E-state index contributed by atoms with van der Waals surface area (Å²) in [5, 5.41) is 22.8. The Labute approximate surface area is 183 Å². The first-order valence-corrected chi connectivity index (χ1v) is 9.81. The van der Waals surface area contributed by atoms with Crippen LogP contribution in [0.1, 0.15) is 16.7 Å². The number of non-ortho nitro benzene ring substituents is 1. The summed E-state index contributed by atoms with van der Waals surface area (Å²) in [4.78, 5) is 10.7. The summed E-state index contributed by atoms with van der Waals surface area (Å²) in [6.45, 7) is 0.220. The number of halogens is 1. The maximum absolute atomic E-state index is 13.2. The molecule has 4 aromatic carbocycles. The van der Waals surface area contributed by atoms with Gasteiger partial charge in [-0.05, 0) is 46.2 Å². The zero-order chi connectivity index (χ0) is 22.5.